The van der Waals surface area contributed by atoms with Gasteiger partial charge in [-0.2, -0.15) is 0 Å². The van der Waals surface area contributed by atoms with E-state index in [1.54, 1.807) is 18.2 Å². The predicted octanol–water partition coefficient (Wildman–Crippen LogP) is 4.79. The summed E-state index contributed by atoms with van der Waals surface area (Å²) < 4.78 is 24.0. The summed E-state index contributed by atoms with van der Waals surface area (Å²) in [6.45, 7) is 3.31. The van der Waals surface area contributed by atoms with Crippen molar-refractivity contribution < 1.29 is 33.0 Å². The van der Waals surface area contributed by atoms with E-state index < -0.39 is 36.2 Å². The molecule has 0 bridgehead atoms. The normalized spacial score (nSPS) is 14.3. The van der Waals surface area contributed by atoms with Crippen LogP contribution in [0.15, 0.2) is 60.2 Å². The Morgan fingerprint density at radius 1 is 1.05 bits per heavy atom. The molecule has 200 valence electrons. The second-order valence-corrected chi connectivity index (χ2v) is 9.01. The zero-order valence-electron chi connectivity index (χ0n) is 21.1. The standard InChI is InChI=1S/C28H23ClFN3O6/c1-15-4-9-20(10-16(15)2)33-27(36)21(26(35)32-28(33)37)11-17-12-22(29)25(23(13-17)38-3)39-14-24(34)31-19-7-5-18(30)6-8-19/h4-13H,14H2,1-3H3,(H,31,34)(H,32,35,37)/b21-11-. The minimum absolute atomic E-state index is 0.0431. The van der Waals surface area contributed by atoms with E-state index >= 15 is 0 Å². The fraction of sp³-hybridized carbons (Fsp3) is 0.143. The number of carbonyl (C=O) groups excluding carboxylic acids is 4. The molecular weight excluding hydrogens is 529 g/mol. The van der Waals surface area contributed by atoms with Crippen molar-refractivity contribution in [1.82, 2.24) is 5.32 Å². The third-order valence-electron chi connectivity index (χ3n) is 5.89. The molecule has 11 heteroatoms. The number of urea groups is 1. The first-order chi connectivity index (χ1) is 18.6. The van der Waals surface area contributed by atoms with Crippen LogP contribution in [0.5, 0.6) is 11.5 Å². The number of methoxy groups -OCH3 is 1. The average Bonchev–Trinajstić information content (AvgIpc) is 2.89. The van der Waals surface area contributed by atoms with Gasteiger partial charge in [-0.15, -0.1) is 0 Å². The van der Waals surface area contributed by atoms with Crippen LogP contribution in [0.4, 0.5) is 20.6 Å². The molecule has 0 unspecified atom stereocenters. The molecule has 3 aromatic carbocycles. The highest BCUT2D eigenvalue weighted by Gasteiger charge is 2.37. The van der Waals surface area contributed by atoms with Gasteiger partial charge in [0.25, 0.3) is 17.7 Å². The van der Waals surface area contributed by atoms with E-state index in [4.69, 9.17) is 21.1 Å². The van der Waals surface area contributed by atoms with E-state index in [0.29, 0.717) is 16.9 Å². The maximum Gasteiger partial charge on any atom is 0.335 e. The highest BCUT2D eigenvalue weighted by atomic mass is 35.5. The molecule has 0 aliphatic carbocycles. The van der Waals surface area contributed by atoms with Crippen molar-refractivity contribution in [3.05, 3.63) is 87.7 Å². The molecule has 1 aliphatic heterocycles. The van der Waals surface area contributed by atoms with E-state index in [2.05, 4.69) is 10.6 Å². The summed E-state index contributed by atoms with van der Waals surface area (Å²) in [5, 5.41) is 4.78. The third-order valence-corrected chi connectivity index (χ3v) is 6.17. The van der Waals surface area contributed by atoms with Crippen LogP contribution in [0.25, 0.3) is 6.08 Å². The van der Waals surface area contributed by atoms with Crippen LogP contribution in [-0.4, -0.2) is 37.5 Å². The summed E-state index contributed by atoms with van der Waals surface area (Å²) in [5.74, 6) is -2.44. The van der Waals surface area contributed by atoms with Crippen molar-refractivity contribution in [2.75, 3.05) is 23.9 Å². The Morgan fingerprint density at radius 2 is 1.77 bits per heavy atom. The van der Waals surface area contributed by atoms with Crippen LogP contribution in [-0.2, 0) is 14.4 Å². The number of rotatable bonds is 7. The molecule has 39 heavy (non-hydrogen) atoms. The summed E-state index contributed by atoms with van der Waals surface area (Å²) in [6, 6.07) is 12.3. The number of ether oxygens (including phenoxy) is 2. The molecule has 0 spiro atoms. The van der Waals surface area contributed by atoms with E-state index in [-0.39, 0.29) is 22.1 Å². The van der Waals surface area contributed by atoms with Crippen LogP contribution in [0, 0.1) is 19.7 Å². The smallest absolute Gasteiger partial charge is 0.335 e. The van der Waals surface area contributed by atoms with Crippen molar-refractivity contribution in [2.45, 2.75) is 13.8 Å². The molecule has 9 nitrogen and oxygen atoms in total. The first kappa shape index (κ1) is 27.3. The maximum atomic E-state index is 13.2. The van der Waals surface area contributed by atoms with E-state index in [0.717, 1.165) is 16.0 Å². The molecule has 1 saturated heterocycles. The predicted molar refractivity (Wildman–Crippen MR) is 143 cm³/mol. The summed E-state index contributed by atoms with van der Waals surface area (Å²) in [5.41, 5.74) is 2.57. The van der Waals surface area contributed by atoms with Gasteiger partial charge in [0.1, 0.15) is 11.4 Å². The lowest BCUT2D eigenvalue weighted by Crippen LogP contribution is -2.54. The van der Waals surface area contributed by atoms with Crippen LogP contribution in [0.2, 0.25) is 5.02 Å². The van der Waals surface area contributed by atoms with Crippen molar-refractivity contribution in [3.63, 3.8) is 0 Å². The van der Waals surface area contributed by atoms with Gasteiger partial charge in [0, 0.05) is 5.69 Å². The lowest BCUT2D eigenvalue weighted by Gasteiger charge is -2.27. The Hall–Kier alpha value is -4.70. The first-order valence-corrected chi connectivity index (χ1v) is 12.0. The highest BCUT2D eigenvalue weighted by Crippen LogP contribution is 2.37. The van der Waals surface area contributed by atoms with Gasteiger partial charge in [0.05, 0.1) is 17.8 Å². The number of benzene rings is 3. The molecule has 0 aromatic heterocycles. The van der Waals surface area contributed by atoms with E-state index in [9.17, 15) is 23.6 Å². The molecule has 0 radical (unpaired) electrons. The molecule has 1 heterocycles. The summed E-state index contributed by atoms with van der Waals surface area (Å²) in [7, 11) is 1.35. The van der Waals surface area contributed by atoms with E-state index in [1.807, 2.05) is 13.8 Å². The van der Waals surface area contributed by atoms with Gasteiger partial charge in [0.15, 0.2) is 18.1 Å². The molecule has 1 fully saturated rings. The summed E-state index contributed by atoms with van der Waals surface area (Å²) >= 11 is 6.39. The monoisotopic (exact) mass is 551 g/mol. The number of hydrogen-bond acceptors (Lipinski definition) is 6. The lowest BCUT2D eigenvalue weighted by molar-refractivity contribution is -0.122. The SMILES string of the molecule is COc1cc(/C=C2/C(=O)NC(=O)N(c3ccc(C)c(C)c3)C2=O)cc(Cl)c1OCC(=O)Nc1ccc(F)cc1. The van der Waals surface area contributed by atoms with Crippen LogP contribution in [0.1, 0.15) is 16.7 Å². The molecule has 0 atom stereocenters. The summed E-state index contributed by atoms with van der Waals surface area (Å²) in [4.78, 5) is 51.4. The van der Waals surface area contributed by atoms with Crippen molar-refractivity contribution in [3.8, 4) is 11.5 Å². The Labute approximate surface area is 228 Å². The maximum absolute atomic E-state index is 13.2. The molecule has 0 saturated carbocycles. The van der Waals surface area contributed by atoms with Crippen LogP contribution < -0.4 is 25.0 Å². The van der Waals surface area contributed by atoms with Gasteiger partial charge in [-0.05, 0) is 85.1 Å². The molecule has 1 aliphatic rings. The Bertz CT molecular complexity index is 1520. The first-order valence-electron chi connectivity index (χ1n) is 11.6. The highest BCUT2D eigenvalue weighted by molar-refractivity contribution is 6.39. The average molecular weight is 552 g/mol. The van der Waals surface area contributed by atoms with Gasteiger partial charge in [-0.1, -0.05) is 17.7 Å². The van der Waals surface area contributed by atoms with Crippen LogP contribution >= 0.6 is 11.6 Å². The zero-order chi connectivity index (χ0) is 28.3. The molecule has 3 aromatic rings. The number of nitrogens with one attached hydrogen (secondary N) is 2. The minimum atomic E-state index is -0.863. The molecule has 2 N–H and O–H groups in total. The Balaban J connectivity index is 1.56. The Kier molecular flexibility index (Phi) is 7.96. The van der Waals surface area contributed by atoms with Gasteiger partial charge in [0.2, 0.25) is 0 Å². The zero-order valence-corrected chi connectivity index (χ0v) is 21.9. The van der Waals surface area contributed by atoms with Gasteiger partial charge in [-0.25, -0.2) is 14.1 Å². The number of anilines is 2. The minimum Gasteiger partial charge on any atom is -0.493 e. The van der Waals surface area contributed by atoms with Crippen molar-refractivity contribution in [2.24, 2.45) is 0 Å². The lowest BCUT2D eigenvalue weighted by atomic mass is 10.0. The number of barbiturate groups is 1. The van der Waals surface area contributed by atoms with Crippen molar-refractivity contribution >= 4 is 52.8 Å². The number of amides is 5. The van der Waals surface area contributed by atoms with E-state index in [1.165, 1.54) is 49.6 Å². The topological polar surface area (TPSA) is 114 Å². The second kappa shape index (κ2) is 11.4. The number of aryl methyl sites for hydroxylation is 2. The van der Waals surface area contributed by atoms with Crippen molar-refractivity contribution in [1.29, 1.82) is 0 Å². The Morgan fingerprint density at radius 3 is 2.44 bits per heavy atom. The number of hydrogen-bond donors (Lipinski definition) is 2. The van der Waals surface area contributed by atoms with Gasteiger partial charge >= 0.3 is 6.03 Å². The summed E-state index contributed by atoms with van der Waals surface area (Å²) in [6.07, 6.45) is 1.28. The fourth-order valence-corrected chi connectivity index (χ4v) is 4.03. The largest absolute Gasteiger partial charge is 0.493 e. The van der Waals surface area contributed by atoms with Gasteiger partial charge < -0.3 is 14.8 Å². The number of nitrogens with zero attached hydrogens (tertiary/aromatic N) is 1. The molecule has 5 amide bonds. The van der Waals surface area contributed by atoms with Gasteiger partial charge in [-0.3, -0.25) is 19.7 Å². The number of halogens is 2. The molecular formula is C28H23ClFN3O6. The molecule has 4 rings (SSSR count). The quantitative estimate of drug-likeness (QED) is 0.322. The fourth-order valence-electron chi connectivity index (χ4n) is 3.75. The van der Waals surface area contributed by atoms with Crippen LogP contribution in [0.3, 0.4) is 0 Å². The second-order valence-electron chi connectivity index (χ2n) is 8.60. The third kappa shape index (κ3) is 6.07. The number of carbonyl (C=O) groups is 4. The number of imide groups is 2.